The number of aromatic hydroxyl groups is 1. The lowest BCUT2D eigenvalue weighted by Crippen LogP contribution is -2.24. The highest BCUT2D eigenvalue weighted by molar-refractivity contribution is 7.91. The number of nitriles is 1. The van der Waals surface area contributed by atoms with Gasteiger partial charge in [-0.2, -0.15) is 14.8 Å². The number of rotatable bonds is 7. The maximum Gasteiger partial charge on any atom is 0.271 e. The molecule has 3 heterocycles. The van der Waals surface area contributed by atoms with Crippen molar-refractivity contribution < 1.29 is 17.9 Å². The third-order valence-electron chi connectivity index (χ3n) is 6.76. The van der Waals surface area contributed by atoms with Gasteiger partial charge < -0.3 is 15.0 Å². The molecule has 5 rings (SSSR count). The highest BCUT2D eigenvalue weighted by atomic mass is 32.2. The third kappa shape index (κ3) is 5.02. The lowest BCUT2D eigenvalue weighted by molar-refractivity contribution is 0.456. The van der Waals surface area contributed by atoms with Crippen LogP contribution in [0.15, 0.2) is 87.5 Å². The van der Waals surface area contributed by atoms with Gasteiger partial charge in [0.15, 0.2) is 10.6 Å². The molecule has 0 spiro atoms. The Morgan fingerprint density at radius 3 is 2.48 bits per heavy atom. The molecule has 0 aliphatic rings. The Kier molecular flexibility index (Phi) is 7.36. The maximum atomic E-state index is 13.9. The fourth-order valence-electron chi connectivity index (χ4n) is 4.79. The van der Waals surface area contributed by atoms with Gasteiger partial charge in [0, 0.05) is 36.7 Å². The van der Waals surface area contributed by atoms with Crippen LogP contribution < -0.4 is 10.5 Å². The van der Waals surface area contributed by atoms with Crippen molar-refractivity contribution in [1.82, 2.24) is 19.7 Å². The number of hydrogen-bond acceptors (Lipinski definition) is 8. The van der Waals surface area contributed by atoms with E-state index in [4.69, 9.17) is 0 Å². The van der Waals surface area contributed by atoms with E-state index in [1.165, 1.54) is 35.0 Å². The molecule has 0 aliphatic carbocycles. The minimum absolute atomic E-state index is 0.00842. The molecule has 10 nitrogen and oxygen atoms in total. The number of sulfone groups is 1. The van der Waals surface area contributed by atoms with Crippen molar-refractivity contribution in [2.45, 2.75) is 23.6 Å². The molecule has 0 unspecified atom stereocenters. The van der Waals surface area contributed by atoms with Gasteiger partial charge in [0.2, 0.25) is 15.8 Å². The first-order chi connectivity index (χ1) is 20.0. The van der Waals surface area contributed by atoms with Crippen LogP contribution in [0, 0.1) is 24.2 Å². The topological polar surface area (TPSA) is 145 Å². The molecule has 0 fully saturated rings. The molecule has 0 amide bonds. The monoisotopic (exact) mass is 584 g/mol. The summed E-state index contributed by atoms with van der Waals surface area (Å²) in [5, 5.41) is 25.4. The van der Waals surface area contributed by atoms with E-state index in [1.807, 2.05) is 0 Å². The summed E-state index contributed by atoms with van der Waals surface area (Å²) in [6.07, 6.45) is 1.64. The number of nitrogens with zero attached hydrogens (tertiary/aromatic N) is 5. The van der Waals surface area contributed by atoms with Crippen LogP contribution in [0.5, 0.6) is 5.75 Å². The van der Waals surface area contributed by atoms with E-state index in [0.717, 1.165) is 0 Å². The number of aromatic amines is 1. The number of nitrogens with one attached hydrogen (secondary N) is 1. The van der Waals surface area contributed by atoms with Crippen molar-refractivity contribution in [3.63, 3.8) is 0 Å². The molecule has 2 N–H and O–H groups in total. The molecule has 12 heteroatoms. The van der Waals surface area contributed by atoms with Gasteiger partial charge in [-0.05, 0) is 67.9 Å². The minimum atomic E-state index is -4.54. The molecule has 5 aromatic rings. The van der Waals surface area contributed by atoms with Crippen LogP contribution >= 0.6 is 0 Å². The Balaban J connectivity index is 1.70. The second-order valence-electron chi connectivity index (χ2n) is 9.43. The number of H-pyrrole nitrogens is 1. The Morgan fingerprint density at radius 1 is 1.12 bits per heavy atom. The van der Waals surface area contributed by atoms with Gasteiger partial charge in [-0.15, -0.1) is 0 Å². The normalized spacial score (nSPS) is 11.3. The zero-order valence-corrected chi connectivity index (χ0v) is 23.6. The summed E-state index contributed by atoms with van der Waals surface area (Å²) in [6.45, 7) is 3.66. The lowest BCUT2D eigenvalue weighted by Gasteiger charge is -2.27. The fourth-order valence-corrected chi connectivity index (χ4v) is 6.17. The van der Waals surface area contributed by atoms with Crippen LogP contribution in [0.25, 0.3) is 22.5 Å². The quantitative estimate of drug-likeness (QED) is 0.258. The van der Waals surface area contributed by atoms with Crippen LogP contribution in [0.4, 0.5) is 15.8 Å². The van der Waals surface area contributed by atoms with Crippen LogP contribution in [-0.4, -0.2) is 39.8 Å². The number of halogens is 1. The molecule has 42 heavy (non-hydrogen) atoms. The number of aromatic nitrogens is 4. The second kappa shape index (κ2) is 10.9. The number of benzene rings is 2. The number of aryl methyl sites for hydroxylation is 2. The third-order valence-corrected chi connectivity index (χ3v) is 8.57. The first-order valence-corrected chi connectivity index (χ1v) is 14.3. The van der Waals surface area contributed by atoms with E-state index in [2.05, 4.69) is 21.1 Å². The standard InChI is InChI=1S/C30H25FN6O4S/c1-4-37(21-7-5-6-19(16-21)17-32)27-26(24-14-15-36(3)35-24)34-30(39)29(28(27)38)42(40,41)22-10-8-20(9-11-22)23-12-13-25(31)33-18(23)2/h5-16H,4H2,1-3H3,(H2,34,38,39). The molecule has 212 valence electrons. The van der Waals surface area contributed by atoms with Crippen LogP contribution in [0.1, 0.15) is 18.2 Å². The van der Waals surface area contributed by atoms with Crippen molar-refractivity contribution in [2.75, 3.05) is 11.4 Å². The zero-order chi connectivity index (χ0) is 30.2. The average Bonchev–Trinajstić information content (AvgIpc) is 3.40. The number of pyridine rings is 2. The largest absolute Gasteiger partial charge is 0.504 e. The van der Waals surface area contributed by atoms with Crippen molar-refractivity contribution >= 4 is 21.2 Å². The van der Waals surface area contributed by atoms with Gasteiger partial charge >= 0.3 is 0 Å². The molecular formula is C30H25FN6O4S. The van der Waals surface area contributed by atoms with Crippen molar-refractivity contribution in [3.05, 3.63) is 100 Å². The summed E-state index contributed by atoms with van der Waals surface area (Å²) >= 11 is 0. The van der Waals surface area contributed by atoms with E-state index in [-0.39, 0.29) is 22.8 Å². The van der Waals surface area contributed by atoms with Gasteiger partial charge in [0.1, 0.15) is 11.4 Å². The predicted molar refractivity (Wildman–Crippen MR) is 155 cm³/mol. The molecule has 3 aromatic heterocycles. The summed E-state index contributed by atoms with van der Waals surface area (Å²) in [4.78, 5) is 20.4. The van der Waals surface area contributed by atoms with Crippen molar-refractivity contribution in [3.8, 4) is 34.3 Å². The SMILES string of the molecule is CCN(c1cccc(C#N)c1)c1c(-c2ccn(C)n2)[nH]c(=O)c(S(=O)(=O)c2ccc(-c3ccc(F)nc3C)cc2)c1O. The molecule has 0 saturated carbocycles. The van der Waals surface area contributed by atoms with Gasteiger partial charge in [0.25, 0.3) is 5.56 Å². The van der Waals surface area contributed by atoms with Crippen LogP contribution in [0.3, 0.4) is 0 Å². The summed E-state index contributed by atoms with van der Waals surface area (Å²) in [5.74, 6) is -1.39. The Morgan fingerprint density at radius 2 is 1.86 bits per heavy atom. The van der Waals surface area contributed by atoms with Gasteiger partial charge in [0.05, 0.1) is 22.2 Å². The smallest absolute Gasteiger partial charge is 0.271 e. The molecule has 0 bridgehead atoms. The fraction of sp³-hybridized carbons (Fsp3) is 0.133. The molecular weight excluding hydrogens is 559 g/mol. The lowest BCUT2D eigenvalue weighted by atomic mass is 10.1. The second-order valence-corrected chi connectivity index (χ2v) is 11.3. The van der Waals surface area contributed by atoms with E-state index in [0.29, 0.717) is 33.8 Å². The van der Waals surface area contributed by atoms with E-state index < -0.39 is 32.0 Å². The van der Waals surface area contributed by atoms with Crippen LogP contribution in [0.2, 0.25) is 0 Å². The first kappa shape index (κ1) is 28.3. The Hall–Kier alpha value is -5.28. The minimum Gasteiger partial charge on any atom is -0.504 e. The average molecular weight is 585 g/mol. The van der Waals surface area contributed by atoms with Crippen molar-refractivity contribution in [1.29, 1.82) is 5.26 Å². The van der Waals surface area contributed by atoms with Gasteiger partial charge in [-0.25, -0.2) is 13.4 Å². The predicted octanol–water partition coefficient (Wildman–Crippen LogP) is 4.85. The van der Waals surface area contributed by atoms with E-state index >= 15 is 0 Å². The molecule has 0 aliphatic heterocycles. The molecule has 0 atom stereocenters. The molecule has 0 saturated heterocycles. The van der Waals surface area contributed by atoms with E-state index in [9.17, 15) is 28.0 Å². The van der Waals surface area contributed by atoms with Crippen LogP contribution in [-0.2, 0) is 16.9 Å². The molecule has 2 aromatic carbocycles. The van der Waals surface area contributed by atoms with Gasteiger partial charge in [-0.3, -0.25) is 9.48 Å². The molecule has 0 radical (unpaired) electrons. The van der Waals surface area contributed by atoms with Gasteiger partial charge in [-0.1, -0.05) is 18.2 Å². The summed E-state index contributed by atoms with van der Waals surface area (Å²) in [7, 11) is -2.86. The summed E-state index contributed by atoms with van der Waals surface area (Å²) < 4.78 is 42.7. The first-order valence-electron chi connectivity index (χ1n) is 12.8. The Labute approximate surface area is 240 Å². The summed E-state index contributed by atoms with van der Waals surface area (Å²) in [6, 6.07) is 18.7. The number of anilines is 2. The van der Waals surface area contributed by atoms with Crippen molar-refractivity contribution in [2.24, 2.45) is 7.05 Å². The maximum absolute atomic E-state index is 13.9. The Bertz CT molecular complexity index is 2030. The highest BCUT2D eigenvalue weighted by Gasteiger charge is 2.32. The number of hydrogen-bond donors (Lipinski definition) is 2. The van der Waals surface area contributed by atoms with E-state index in [1.54, 1.807) is 68.4 Å². The zero-order valence-electron chi connectivity index (χ0n) is 22.8. The highest BCUT2D eigenvalue weighted by Crippen LogP contribution is 2.43. The summed E-state index contributed by atoms with van der Waals surface area (Å²) in [5.41, 5.74) is 1.87.